The van der Waals surface area contributed by atoms with Crippen LogP contribution in [-0.2, 0) is 0 Å². The first-order valence-corrected chi connectivity index (χ1v) is 5.92. The van der Waals surface area contributed by atoms with Gasteiger partial charge in [-0.25, -0.2) is 4.31 Å². The summed E-state index contributed by atoms with van der Waals surface area (Å²) in [5.41, 5.74) is 0. The molecule has 2 nitrogen and oxygen atoms in total. The summed E-state index contributed by atoms with van der Waals surface area (Å²) in [6, 6.07) is 1.53. The molecule has 2 heterocycles. The van der Waals surface area contributed by atoms with Crippen molar-refractivity contribution in [1.82, 2.24) is 9.21 Å². The van der Waals surface area contributed by atoms with Crippen LogP contribution in [0.25, 0.3) is 0 Å². The third-order valence-electron chi connectivity index (χ3n) is 2.69. The van der Waals surface area contributed by atoms with Crippen LogP contribution in [0.15, 0.2) is 0 Å². The van der Waals surface area contributed by atoms with E-state index in [1.165, 1.54) is 25.9 Å². The van der Waals surface area contributed by atoms with Crippen molar-refractivity contribution in [1.29, 1.82) is 0 Å². The summed E-state index contributed by atoms with van der Waals surface area (Å²) in [6.45, 7) is 2.45. The summed E-state index contributed by atoms with van der Waals surface area (Å²) < 4.78 is 2.46. The van der Waals surface area contributed by atoms with Crippen molar-refractivity contribution in [3.05, 3.63) is 0 Å². The SMILES string of the molecule is CN1CC2CCC(C1)N2SS. The monoisotopic (exact) mass is 190 g/mol. The maximum Gasteiger partial charge on any atom is 0.0341 e. The molecule has 2 fully saturated rings. The molecule has 4 heteroatoms. The van der Waals surface area contributed by atoms with E-state index in [4.69, 9.17) is 0 Å². The zero-order valence-electron chi connectivity index (χ0n) is 6.73. The minimum atomic E-state index is 0.765. The normalized spacial score (nSPS) is 39.8. The Hall–Kier alpha value is 0.620. The first kappa shape index (κ1) is 8.23. The molecular weight excluding hydrogens is 176 g/mol. The van der Waals surface area contributed by atoms with E-state index in [1.54, 1.807) is 11.0 Å². The predicted molar refractivity (Wildman–Crippen MR) is 52.7 cm³/mol. The summed E-state index contributed by atoms with van der Waals surface area (Å²) in [5.74, 6) is 0. The number of rotatable bonds is 1. The number of likely N-dealkylation sites (tertiary alicyclic amines) is 1. The van der Waals surface area contributed by atoms with E-state index in [-0.39, 0.29) is 0 Å². The van der Waals surface area contributed by atoms with E-state index in [2.05, 4.69) is 27.9 Å². The predicted octanol–water partition coefficient (Wildman–Crippen LogP) is 1.26. The lowest BCUT2D eigenvalue weighted by molar-refractivity contribution is 0.166. The van der Waals surface area contributed by atoms with Crippen LogP contribution >= 0.6 is 22.6 Å². The lowest BCUT2D eigenvalue weighted by atomic mass is 10.2. The van der Waals surface area contributed by atoms with Crippen molar-refractivity contribution in [3.8, 4) is 0 Å². The standard InChI is InChI=1S/C7H14N2S2/c1-8-4-6-2-3-7(5-8)9(6)11-10/h6-7,10H,2-5H2,1H3. The largest absolute Gasteiger partial charge is 0.303 e. The number of hydrogen-bond donors (Lipinski definition) is 1. The van der Waals surface area contributed by atoms with Gasteiger partial charge in [0.05, 0.1) is 0 Å². The zero-order valence-corrected chi connectivity index (χ0v) is 8.44. The summed E-state index contributed by atoms with van der Waals surface area (Å²) in [7, 11) is 3.84. The Morgan fingerprint density at radius 3 is 2.27 bits per heavy atom. The number of thiol groups is 1. The molecule has 0 radical (unpaired) electrons. The van der Waals surface area contributed by atoms with Crippen LogP contribution in [0.4, 0.5) is 0 Å². The first-order chi connectivity index (χ1) is 5.31. The summed E-state index contributed by atoms with van der Waals surface area (Å²) in [5, 5.41) is 0. The number of fused-ring (bicyclic) bond motifs is 2. The fraction of sp³-hybridized carbons (Fsp3) is 1.00. The molecule has 2 aliphatic heterocycles. The van der Waals surface area contributed by atoms with Gasteiger partial charge in [-0.3, -0.25) is 0 Å². The van der Waals surface area contributed by atoms with Gasteiger partial charge in [0, 0.05) is 25.2 Å². The van der Waals surface area contributed by atoms with Crippen molar-refractivity contribution in [2.45, 2.75) is 24.9 Å². The Labute approximate surface area is 77.3 Å². The van der Waals surface area contributed by atoms with E-state index in [1.807, 2.05) is 0 Å². The fourth-order valence-electron chi connectivity index (χ4n) is 2.21. The fourth-order valence-corrected chi connectivity index (χ4v) is 3.62. The highest BCUT2D eigenvalue weighted by atomic mass is 33.1. The van der Waals surface area contributed by atoms with Crippen molar-refractivity contribution in [3.63, 3.8) is 0 Å². The van der Waals surface area contributed by atoms with Gasteiger partial charge in [-0.15, -0.1) is 0 Å². The minimum absolute atomic E-state index is 0.765. The van der Waals surface area contributed by atoms with Crippen LogP contribution in [0, 0.1) is 0 Å². The van der Waals surface area contributed by atoms with Gasteiger partial charge in [0.1, 0.15) is 0 Å². The number of likely N-dealkylation sites (N-methyl/N-ethyl adjacent to an activating group) is 1. The molecule has 0 aromatic carbocycles. The molecule has 0 N–H and O–H groups in total. The smallest absolute Gasteiger partial charge is 0.0341 e. The number of nitrogens with zero attached hydrogens (tertiary/aromatic N) is 2. The first-order valence-electron chi connectivity index (χ1n) is 4.09. The molecule has 2 saturated heterocycles. The maximum atomic E-state index is 4.28. The Balaban J connectivity index is 2.06. The van der Waals surface area contributed by atoms with Crippen molar-refractivity contribution < 1.29 is 0 Å². The Bertz CT molecular complexity index is 139. The second-order valence-electron chi connectivity index (χ2n) is 3.55. The van der Waals surface area contributed by atoms with E-state index in [0.717, 1.165) is 12.1 Å². The molecule has 2 atom stereocenters. The second-order valence-corrected chi connectivity index (χ2v) is 4.62. The molecular formula is C7H14N2S2. The van der Waals surface area contributed by atoms with Crippen LogP contribution < -0.4 is 0 Å². The topological polar surface area (TPSA) is 6.48 Å². The van der Waals surface area contributed by atoms with Gasteiger partial charge in [0.2, 0.25) is 0 Å². The van der Waals surface area contributed by atoms with E-state index in [9.17, 15) is 0 Å². The number of piperazine rings is 1. The van der Waals surface area contributed by atoms with E-state index >= 15 is 0 Å². The summed E-state index contributed by atoms with van der Waals surface area (Å²) in [4.78, 5) is 2.43. The molecule has 0 saturated carbocycles. The molecule has 2 bridgehead atoms. The van der Waals surface area contributed by atoms with Crippen LogP contribution in [0.3, 0.4) is 0 Å². The highest BCUT2D eigenvalue weighted by Crippen LogP contribution is 2.36. The third-order valence-corrected chi connectivity index (χ3v) is 4.04. The van der Waals surface area contributed by atoms with Gasteiger partial charge in [-0.05, 0) is 30.9 Å². The van der Waals surface area contributed by atoms with Gasteiger partial charge in [0.15, 0.2) is 0 Å². The highest BCUT2D eigenvalue weighted by Gasteiger charge is 2.38. The molecule has 0 spiro atoms. The van der Waals surface area contributed by atoms with Crippen molar-refractivity contribution in [2.24, 2.45) is 0 Å². The van der Waals surface area contributed by atoms with Gasteiger partial charge in [-0.1, -0.05) is 11.7 Å². The summed E-state index contributed by atoms with van der Waals surface area (Å²) in [6.07, 6.45) is 2.73. The highest BCUT2D eigenvalue weighted by molar-refractivity contribution is 8.67. The van der Waals surface area contributed by atoms with Crippen LogP contribution in [-0.4, -0.2) is 41.4 Å². The third kappa shape index (κ3) is 1.41. The van der Waals surface area contributed by atoms with Crippen LogP contribution in [0.1, 0.15) is 12.8 Å². The molecule has 0 amide bonds. The van der Waals surface area contributed by atoms with E-state index in [0.29, 0.717) is 0 Å². The Morgan fingerprint density at radius 2 is 1.82 bits per heavy atom. The second kappa shape index (κ2) is 3.17. The lowest BCUT2D eigenvalue weighted by Gasteiger charge is -2.37. The minimum Gasteiger partial charge on any atom is -0.303 e. The van der Waals surface area contributed by atoms with E-state index < -0.39 is 0 Å². The molecule has 2 aliphatic rings. The molecule has 11 heavy (non-hydrogen) atoms. The summed E-state index contributed by atoms with van der Waals surface area (Å²) >= 11 is 4.28. The molecule has 64 valence electrons. The van der Waals surface area contributed by atoms with Gasteiger partial charge in [-0.2, -0.15) is 0 Å². The zero-order chi connectivity index (χ0) is 7.84. The lowest BCUT2D eigenvalue weighted by Crippen LogP contribution is -2.48. The molecule has 0 aromatic heterocycles. The van der Waals surface area contributed by atoms with Crippen molar-refractivity contribution in [2.75, 3.05) is 20.1 Å². The maximum absolute atomic E-state index is 4.28. The van der Waals surface area contributed by atoms with Crippen molar-refractivity contribution >= 4 is 22.6 Å². The van der Waals surface area contributed by atoms with Gasteiger partial charge < -0.3 is 4.90 Å². The quantitative estimate of drug-likeness (QED) is 0.378. The number of hydrogen-bond acceptors (Lipinski definition) is 4. The average molecular weight is 190 g/mol. The Morgan fingerprint density at radius 1 is 1.27 bits per heavy atom. The van der Waals surface area contributed by atoms with Crippen LogP contribution in [0.2, 0.25) is 0 Å². The van der Waals surface area contributed by atoms with Gasteiger partial charge >= 0.3 is 0 Å². The molecule has 0 aliphatic carbocycles. The van der Waals surface area contributed by atoms with Gasteiger partial charge in [0.25, 0.3) is 0 Å². The average Bonchev–Trinajstić information content (AvgIpc) is 2.23. The Kier molecular flexibility index (Phi) is 2.37. The molecule has 2 rings (SSSR count). The molecule has 0 aromatic rings. The molecule has 2 unspecified atom stereocenters. The van der Waals surface area contributed by atoms with Crippen LogP contribution in [0.5, 0.6) is 0 Å².